The summed E-state index contributed by atoms with van der Waals surface area (Å²) >= 11 is 5.94. The Bertz CT molecular complexity index is 757. The van der Waals surface area contributed by atoms with Gasteiger partial charge in [-0.15, -0.1) is 0 Å². The van der Waals surface area contributed by atoms with Gasteiger partial charge in [-0.05, 0) is 48.6 Å². The number of guanidine groups is 1. The van der Waals surface area contributed by atoms with Crippen molar-refractivity contribution in [1.82, 2.24) is 10.6 Å². The molecule has 3 rings (SSSR count). The fourth-order valence-electron chi connectivity index (χ4n) is 3.10. The maximum absolute atomic E-state index is 5.99. The van der Waals surface area contributed by atoms with Crippen molar-refractivity contribution in [2.24, 2.45) is 4.99 Å². The molecule has 0 unspecified atom stereocenters. The molecule has 1 heterocycles. The van der Waals surface area contributed by atoms with Gasteiger partial charge in [-0.2, -0.15) is 0 Å². The Morgan fingerprint density at radius 1 is 1.00 bits per heavy atom. The van der Waals surface area contributed by atoms with Crippen LogP contribution < -0.4 is 10.6 Å². The van der Waals surface area contributed by atoms with E-state index in [4.69, 9.17) is 21.1 Å². The van der Waals surface area contributed by atoms with Crippen molar-refractivity contribution in [2.75, 3.05) is 19.8 Å². The predicted octanol–water partition coefficient (Wildman–Crippen LogP) is 4.29. The summed E-state index contributed by atoms with van der Waals surface area (Å²) in [4.78, 5) is 4.65. The van der Waals surface area contributed by atoms with E-state index in [1.165, 1.54) is 11.1 Å². The first kappa shape index (κ1) is 21.6. The summed E-state index contributed by atoms with van der Waals surface area (Å²) < 4.78 is 11.4. The van der Waals surface area contributed by atoms with Crippen LogP contribution in [0.2, 0.25) is 5.02 Å². The van der Waals surface area contributed by atoms with Gasteiger partial charge in [-0.3, -0.25) is 0 Å². The molecule has 2 aromatic carbocycles. The van der Waals surface area contributed by atoms with Crippen molar-refractivity contribution >= 4 is 17.6 Å². The Kier molecular flexibility index (Phi) is 8.81. The number of benzene rings is 2. The smallest absolute Gasteiger partial charge is 0.191 e. The lowest BCUT2D eigenvalue weighted by Gasteiger charge is -2.22. The summed E-state index contributed by atoms with van der Waals surface area (Å²) in [5, 5.41) is 7.41. The molecule has 6 heteroatoms. The van der Waals surface area contributed by atoms with Gasteiger partial charge in [0.2, 0.25) is 0 Å². The predicted molar refractivity (Wildman–Crippen MR) is 118 cm³/mol. The lowest BCUT2D eigenvalue weighted by Crippen LogP contribution is -2.36. The van der Waals surface area contributed by atoms with Gasteiger partial charge >= 0.3 is 0 Å². The third-order valence-corrected chi connectivity index (χ3v) is 5.07. The van der Waals surface area contributed by atoms with Crippen LogP contribution in [-0.2, 0) is 29.2 Å². The first-order valence-corrected chi connectivity index (χ1v) is 10.6. The Balaban J connectivity index is 1.47. The van der Waals surface area contributed by atoms with E-state index in [0.29, 0.717) is 25.8 Å². The van der Waals surface area contributed by atoms with Gasteiger partial charge in [0, 0.05) is 31.3 Å². The lowest BCUT2D eigenvalue weighted by atomic mass is 10.1. The first-order valence-electron chi connectivity index (χ1n) is 10.3. The zero-order chi connectivity index (χ0) is 20.3. The van der Waals surface area contributed by atoms with Crippen LogP contribution in [-0.4, -0.2) is 31.8 Å². The molecule has 0 bridgehead atoms. The molecule has 0 spiro atoms. The molecule has 0 aromatic heterocycles. The number of halogens is 1. The minimum Gasteiger partial charge on any atom is -0.381 e. The van der Waals surface area contributed by atoms with Gasteiger partial charge in [0.25, 0.3) is 0 Å². The number of nitrogens with one attached hydrogen (secondary N) is 2. The second-order valence-corrected chi connectivity index (χ2v) is 7.55. The molecule has 5 nitrogen and oxygen atoms in total. The van der Waals surface area contributed by atoms with Crippen molar-refractivity contribution in [2.45, 2.75) is 45.6 Å². The molecule has 0 amide bonds. The highest BCUT2D eigenvalue weighted by Gasteiger charge is 2.13. The van der Waals surface area contributed by atoms with E-state index in [1.807, 2.05) is 24.3 Å². The van der Waals surface area contributed by atoms with Crippen LogP contribution in [0, 0.1) is 0 Å². The van der Waals surface area contributed by atoms with Gasteiger partial charge in [-0.25, -0.2) is 4.99 Å². The average molecular weight is 416 g/mol. The highest BCUT2D eigenvalue weighted by atomic mass is 35.5. The summed E-state index contributed by atoms with van der Waals surface area (Å²) in [6.07, 6.45) is 2.31. The van der Waals surface area contributed by atoms with E-state index in [0.717, 1.165) is 49.1 Å². The first-order chi connectivity index (χ1) is 14.2. The van der Waals surface area contributed by atoms with Gasteiger partial charge in [0.15, 0.2) is 5.96 Å². The molecule has 29 heavy (non-hydrogen) atoms. The largest absolute Gasteiger partial charge is 0.381 e. The van der Waals surface area contributed by atoms with Gasteiger partial charge in [-0.1, -0.05) is 48.0 Å². The third kappa shape index (κ3) is 7.69. The van der Waals surface area contributed by atoms with Crippen LogP contribution in [0.3, 0.4) is 0 Å². The summed E-state index contributed by atoms with van der Waals surface area (Å²) in [6, 6.07) is 16.3. The fourth-order valence-corrected chi connectivity index (χ4v) is 3.22. The number of hydrogen-bond donors (Lipinski definition) is 2. The van der Waals surface area contributed by atoms with E-state index in [1.54, 1.807) is 0 Å². The SMILES string of the molecule is CCNC(=NCc1ccc(Cl)cc1)NCc1ccc(COC2CCOCC2)cc1. The molecule has 2 N–H and O–H groups in total. The molecule has 156 valence electrons. The molecule has 1 fully saturated rings. The summed E-state index contributed by atoms with van der Waals surface area (Å²) in [7, 11) is 0. The number of rotatable bonds is 8. The van der Waals surface area contributed by atoms with Gasteiger partial charge in [0.1, 0.15) is 0 Å². The molecule has 0 atom stereocenters. The van der Waals surface area contributed by atoms with Crippen molar-refractivity contribution in [3.63, 3.8) is 0 Å². The third-order valence-electron chi connectivity index (χ3n) is 4.81. The highest BCUT2D eigenvalue weighted by Crippen LogP contribution is 2.14. The standard InChI is InChI=1S/C23H30ClN3O2/c1-2-25-23(27-16-19-7-9-21(24)10-8-19)26-15-18-3-5-20(6-4-18)17-29-22-11-13-28-14-12-22/h3-10,22H,2,11-17H2,1H3,(H2,25,26,27). The molecule has 0 radical (unpaired) electrons. The molecular formula is C23H30ClN3O2. The van der Waals surface area contributed by atoms with Crippen molar-refractivity contribution in [3.8, 4) is 0 Å². The maximum atomic E-state index is 5.99. The molecule has 1 aliphatic rings. The zero-order valence-corrected chi connectivity index (χ0v) is 17.8. The maximum Gasteiger partial charge on any atom is 0.191 e. The van der Waals surface area contributed by atoms with Crippen LogP contribution in [0.25, 0.3) is 0 Å². The quantitative estimate of drug-likeness (QED) is 0.498. The molecule has 0 aliphatic carbocycles. The normalized spacial score (nSPS) is 15.3. The fraction of sp³-hybridized carbons (Fsp3) is 0.435. The van der Waals surface area contributed by atoms with Crippen LogP contribution >= 0.6 is 11.6 Å². The van der Waals surface area contributed by atoms with Crippen LogP contribution in [0.5, 0.6) is 0 Å². The minimum atomic E-state index is 0.324. The van der Waals surface area contributed by atoms with Crippen LogP contribution in [0.4, 0.5) is 0 Å². The van der Waals surface area contributed by atoms with Crippen molar-refractivity contribution < 1.29 is 9.47 Å². The Morgan fingerprint density at radius 2 is 1.66 bits per heavy atom. The molecule has 2 aromatic rings. The van der Waals surface area contributed by atoms with Gasteiger partial charge in [0.05, 0.1) is 19.3 Å². The average Bonchev–Trinajstić information content (AvgIpc) is 2.77. The van der Waals surface area contributed by atoms with E-state index in [9.17, 15) is 0 Å². The summed E-state index contributed by atoms with van der Waals surface area (Å²) in [6.45, 7) is 6.47. The Labute approximate surface area is 178 Å². The van der Waals surface area contributed by atoms with E-state index in [2.05, 4.69) is 46.8 Å². The minimum absolute atomic E-state index is 0.324. The number of hydrogen-bond acceptors (Lipinski definition) is 3. The topological polar surface area (TPSA) is 54.9 Å². The molecule has 0 saturated carbocycles. The number of ether oxygens (including phenoxy) is 2. The monoisotopic (exact) mass is 415 g/mol. The Hall–Kier alpha value is -2.08. The summed E-state index contributed by atoms with van der Waals surface area (Å²) in [5.74, 6) is 0.800. The second kappa shape index (κ2) is 11.8. The number of aliphatic imine (C=N–C) groups is 1. The van der Waals surface area contributed by atoms with Crippen LogP contribution in [0.1, 0.15) is 36.5 Å². The zero-order valence-electron chi connectivity index (χ0n) is 17.0. The molecule has 1 aliphatic heterocycles. The molecule has 1 saturated heterocycles. The molecular weight excluding hydrogens is 386 g/mol. The van der Waals surface area contributed by atoms with Crippen LogP contribution in [0.15, 0.2) is 53.5 Å². The van der Waals surface area contributed by atoms with Crippen molar-refractivity contribution in [1.29, 1.82) is 0 Å². The Morgan fingerprint density at radius 3 is 2.34 bits per heavy atom. The van der Waals surface area contributed by atoms with Crippen molar-refractivity contribution in [3.05, 3.63) is 70.2 Å². The van der Waals surface area contributed by atoms with E-state index >= 15 is 0 Å². The highest BCUT2D eigenvalue weighted by molar-refractivity contribution is 6.30. The van der Waals surface area contributed by atoms with Gasteiger partial charge < -0.3 is 20.1 Å². The summed E-state index contributed by atoms with van der Waals surface area (Å²) in [5.41, 5.74) is 3.53. The van der Waals surface area contributed by atoms with E-state index in [-0.39, 0.29) is 0 Å². The number of nitrogens with zero attached hydrogens (tertiary/aromatic N) is 1. The second-order valence-electron chi connectivity index (χ2n) is 7.11. The van der Waals surface area contributed by atoms with E-state index < -0.39 is 0 Å². The lowest BCUT2D eigenvalue weighted by molar-refractivity contribution is -0.0390.